The predicted octanol–water partition coefficient (Wildman–Crippen LogP) is 2.42. The summed E-state index contributed by atoms with van der Waals surface area (Å²) in [4.78, 5) is 24.8. The molecule has 0 saturated heterocycles. The molecular weight excluding hydrogens is 346 g/mol. The molecule has 148 valence electrons. The van der Waals surface area contributed by atoms with Gasteiger partial charge in [0.25, 0.3) is 12.4 Å². The number of hydrogen-bond acceptors (Lipinski definition) is 4. The first-order valence-corrected chi connectivity index (χ1v) is 8.92. The van der Waals surface area contributed by atoms with Crippen LogP contribution in [0, 0.1) is 6.92 Å². The van der Waals surface area contributed by atoms with Crippen molar-refractivity contribution in [2.75, 3.05) is 6.54 Å². The molecule has 2 aromatic rings. The molecule has 1 amide bonds. The molecule has 1 aromatic carbocycles. The fraction of sp³-hybridized carbons (Fsp3) is 0.450. The van der Waals surface area contributed by atoms with Crippen LogP contribution in [0.2, 0.25) is 0 Å². The molecular formula is C20H29N3O4. The number of imidazole rings is 1. The van der Waals surface area contributed by atoms with Crippen molar-refractivity contribution in [2.24, 2.45) is 0 Å². The normalized spacial score (nSPS) is 10.7. The van der Waals surface area contributed by atoms with E-state index in [4.69, 9.17) is 9.90 Å². The number of nitrogens with zero attached hydrogens (tertiary/aromatic N) is 2. The number of benzene rings is 1. The van der Waals surface area contributed by atoms with Crippen molar-refractivity contribution in [3.05, 3.63) is 53.6 Å². The summed E-state index contributed by atoms with van der Waals surface area (Å²) in [6.45, 7) is 6.79. The molecule has 0 unspecified atom stereocenters. The standard InChI is InChI=1S/C19H27N3O2.CH2O2/c1-15-20-11-13-22(15)12-5-10-21-18(23)17-7-4-6-16(14-17)8-9-19(2,3)24;2-1-3/h4,6-7,11,13-14,24H,5,8-10,12H2,1-3H3,(H,21,23);1H,(H,2,3). The Hall–Kier alpha value is -2.67. The number of aryl methyl sites for hydroxylation is 3. The van der Waals surface area contributed by atoms with Gasteiger partial charge in [0.15, 0.2) is 0 Å². The lowest BCUT2D eigenvalue weighted by Crippen LogP contribution is -2.25. The molecule has 0 aliphatic carbocycles. The van der Waals surface area contributed by atoms with E-state index < -0.39 is 5.60 Å². The highest BCUT2D eigenvalue weighted by Gasteiger charge is 2.13. The van der Waals surface area contributed by atoms with E-state index in [0.29, 0.717) is 18.5 Å². The average molecular weight is 375 g/mol. The van der Waals surface area contributed by atoms with Gasteiger partial charge in [0.1, 0.15) is 5.82 Å². The number of hydrogen-bond donors (Lipinski definition) is 3. The van der Waals surface area contributed by atoms with E-state index in [2.05, 4.69) is 14.9 Å². The maximum absolute atomic E-state index is 12.2. The third kappa shape index (κ3) is 9.01. The fourth-order valence-corrected chi connectivity index (χ4v) is 2.51. The van der Waals surface area contributed by atoms with Gasteiger partial charge in [-0.05, 0) is 57.7 Å². The molecule has 3 N–H and O–H groups in total. The Morgan fingerprint density at radius 3 is 2.67 bits per heavy atom. The van der Waals surface area contributed by atoms with Crippen LogP contribution in [0.3, 0.4) is 0 Å². The molecule has 27 heavy (non-hydrogen) atoms. The molecule has 0 atom stereocenters. The van der Waals surface area contributed by atoms with Crippen LogP contribution in [0.4, 0.5) is 0 Å². The van der Waals surface area contributed by atoms with Gasteiger partial charge in [-0.1, -0.05) is 12.1 Å². The monoisotopic (exact) mass is 375 g/mol. The van der Waals surface area contributed by atoms with Gasteiger partial charge < -0.3 is 20.1 Å². The van der Waals surface area contributed by atoms with Crippen molar-refractivity contribution in [1.82, 2.24) is 14.9 Å². The number of aromatic nitrogens is 2. The summed E-state index contributed by atoms with van der Waals surface area (Å²) in [6, 6.07) is 7.61. The van der Waals surface area contributed by atoms with E-state index in [1.165, 1.54) is 0 Å². The van der Waals surface area contributed by atoms with Crippen LogP contribution < -0.4 is 5.32 Å². The Labute approximate surface area is 160 Å². The predicted molar refractivity (Wildman–Crippen MR) is 104 cm³/mol. The number of carboxylic acid groups (broad SMARTS) is 1. The van der Waals surface area contributed by atoms with E-state index in [-0.39, 0.29) is 12.4 Å². The van der Waals surface area contributed by atoms with Crippen LogP contribution in [0.1, 0.15) is 48.4 Å². The summed E-state index contributed by atoms with van der Waals surface area (Å²) in [5.41, 5.74) is 1.05. The lowest BCUT2D eigenvalue weighted by molar-refractivity contribution is -0.122. The van der Waals surface area contributed by atoms with E-state index in [1.54, 1.807) is 20.0 Å². The van der Waals surface area contributed by atoms with Crippen LogP contribution in [0.15, 0.2) is 36.7 Å². The van der Waals surface area contributed by atoms with E-state index in [9.17, 15) is 9.90 Å². The fourth-order valence-electron chi connectivity index (χ4n) is 2.51. The summed E-state index contributed by atoms with van der Waals surface area (Å²) >= 11 is 0. The molecule has 0 bridgehead atoms. The van der Waals surface area contributed by atoms with Gasteiger partial charge in [-0.25, -0.2) is 4.98 Å². The zero-order chi connectivity index (χ0) is 20.3. The minimum atomic E-state index is -0.691. The van der Waals surface area contributed by atoms with Crippen molar-refractivity contribution < 1.29 is 19.8 Å². The summed E-state index contributed by atoms with van der Waals surface area (Å²) in [7, 11) is 0. The van der Waals surface area contributed by atoms with E-state index in [1.807, 2.05) is 37.4 Å². The van der Waals surface area contributed by atoms with Gasteiger partial charge in [-0.15, -0.1) is 0 Å². The van der Waals surface area contributed by atoms with Crippen molar-refractivity contribution in [3.63, 3.8) is 0 Å². The first-order chi connectivity index (χ1) is 12.8. The van der Waals surface area contributed by atoms with Gasteiger partial charge in [-0.2, -0.15) is 0 Å². The van der Waals surface area contributed by atoms with E-state index in [0.717, 1.165) is 30.8 Å². The van der Waals surface area contributed by atoms with E-state index >= 15 is 0 Å². The Kier molecular flexibility index (Phi) is 9.22. The van der Waals surface area contributed by atoms with Crippen molar-refractivity contribution in [1.29, 1.82) is 0 Å². The zero-order valence-corrected chi connectivity index (χ0v) is 16.2. The number of rotatable bonds is 8. The lowest BCUT2D eigenvalue weighted by atomic mass is 9.98. The molecule has 7 heteroatoms. The zero-order valence-electron chi connectivity index (χ0n) is 16.2. The SMILES string of the molecule is Cc1nccn1CCCNC(=O)c1cccc(CCC(C)(C)O)c1.O=CO. The highest BCUT2D eigenvalue weighted by Crippen LogP contribution is 2.14. The maximum atomic E-state index is 12.2. The number of amides is 1. The van der Waals surface area contributed by atoms with Crippen LogP contribution in [0.25, 0.3) is 0 Å². The first kappa shape index (κ1) is 22.4. The summed E-state index contributed by atoms with van der Waals surface area (Å²) < 4.78 is 2.07. The van der Waals surface area contributed by atoms with Gasteiger partial charge in [0.2, 0.25) is 0 Å². The second-order valence-corrected chi connectivity index (χ2v) is 6.90. The third-order valence-corrected chi connectivity index (χ3v) is 4.00. The highest BCUT2D eigenvalue weighted by atomic mass is 16.3. The Bertz CT molecular complexity index is 720. The topological polar surface area (TPSA) is 104 Å². The summed E-state index contributed by atoms with van der Waals surface area (Å²) in [5.74, 6) is 0.934. The second-order valence-electron chi connectivity index (χ2n) is 6.90. The lowest BCUT2D eigenvalue weighted by Gasteiger charge is -2.16. The molecule has 1 aromatic heterocycles. The summed E-state index contributed by atoms with van der Waals surface area (Å²) in [6.07, 6.45) is 6.02. The molecule has 2 rings (SSSR count). The maximum Gasteiger partial charge on any atom is 0.290 e. The van der Waals surface area contributed by atoms with Crippen LogP contribution in [-0.2, 0) is 17.8 Å². The number of carbonyl (C=O) groups is 2. The molecule has 0 aliphatic rings. The largest absolute Gasteiger partial charge is 0.483 e. The quantitative estimate of drug-likeness (QED) is 0.485. The van der Waals surface area contributed by atoms with Gasteiger partial charge >= 0.3 is 0 Å². The summed E-state index contributed by atoms with van der Waals surface area (Å²) in [5, 5.41) is 19.7. The van der Waals surface area contributed by atoms with Crippen molar-refractivity contribution in [3.8, 4) is 0 Å². The van der Waals surface area contributed by atoms with Crippen LogP contribution in [-0.4, -0.2) is 44.3 Å². The van der Waals surface area contributed by atoms with Crippen molar-refractivity contribution >= 4 is 12.4 Å². The molecule has 0 spiro atoms. The molecule has 0 saturated carbocycles. The molecule has 1 heterocycles. The van der Waals surface area contributed by atoms with Gasteiger partial charge in [-0.3, -0.25) is 9.59 Å². The Morgan fingerprint density at radius 1 is 1.37 bits per heavy atom. The smallest absolute Gasteiger partial charge is 0.290 e. The number of carbonyl (C=O) groups excluding carboxylic acids is 1. The minimum Gasteiger partial charge on any atom is -0.483 e. The van der Waals surface area contributed by atoms with Crippen LogP contribution in [0.5, 0.6) is 0 Å². The Balaban J connectivity index is 0.00000114. The third-order valence-electron chi connectivity index (χ3n) is 4.00. The molecule has 0 aliphatic heterocycles. The molecule has 0 radical (unpaired) electrons. The second kappa shape index (κ2) is 11.1. The van der Waals surface area contributed by atoms with Gasteiger partial charge in [0.05, 0.1) is 5.60 Å². The van der Waals surface area contributed by atoms with Gasteiger partial charge in [0, 0.05) is 31.0 Å². The van der Waals surface area contributed by atoms with Crippen LogP contribution >= 0.6 is 0 Å². The Morgan fingerprint density at radius 2 is 2.07 bits per heavy atom. The van der Waals surface area contributed by atoms with Crippen molar-refractivity contribution in [2.45, 2.75) is 52.2 Å². The number of nitrogens with one attached hydrogen (secondary N) is 1. The minimum absolute atomic E-state index is 0.0533. The molecule has 0 fully saturated rings. The highest BCUT2D eigenvalue weighted by molar-refractivity contribution is 5.94. The first-order valence-electron chi connectivity index (χ1n) is 8.92. The number of aliphatic hydroxyl groups is 1. The average Bonchev–Trinajstić information content (AvgIpc) is 3.02. The molecule has 7 nitrogen and oxygen atoms in total.